The number of benzene rings is 1. The lowest BCUT2D eigenvalue weighted by atomic mass is 10.2. The first kappa shape index (κ1) is 23.0. The van der Waals surface area contributed by atoms with Crippen LogP contribution in [0.3, 0.4) is 0 Å². The van der Waals surface area contributed by atoms with Crippen LogP contribution in [0.1, 0.15) is 39.2 Å². The summed E-state index contributed by atoms with van der Waals surface area (Å²) in [6.07, 6.45) is 2.24. The van der Waals surface area contributed by atoms with E-state index in [2.05, 4.69) is 36.0 Å². The number of likely N-dealkylation sites (N-methyl/N-ethyl adjacent to an activating group) is 1. The number of nitrogens with zero attached hydrogens (tertiary/aromatic N) is 2. The maximum absolute atomic E-state index is 5.93. The molecule has 0 atom stereocenters. The zero-order valence-corrected chi connectivity index (χ0v) is 17.6. The van der Waals surface area contributed by atoms with Gasteiger partial charge in [0.25, 0.3) is 0 Å². The third-order valence-corrected chi connectivity index (χ3v) is 3.79. The molecule has 0 unspecified atom stereocenters. The van der Waals surface area contributed by atoms with Crippen molar-refractivity contribution >= 4 is 29.9 Å². The van der Waals surface area contributed by atoms with E-state index in [-0.39, 0.29) is 24.0 Å². The Kier molecular flexibility index (Phi) is 13.7. The van der Waals surface area contributed by atoms with E-state index in [0.717, 1.165) is 50.3 Å². The molecule has 5 nitrogen and oxygen atoms in total. The van der Waals surface area contributed by atoms with E-state index in [4.69, 9.17) is 10.5 Å². The summed E-state index contributed by atoms with van der Waals surface area (Å²) in [6, 6.07) is 8.02. The molecule has 0 spiro atoms. The lowest BCUT2D eigenvalue weighted by Crippen LogP contribution is -2.32. The minimum atomic E-state index is 0. The summed E-state index contributed by atoms with van der Waals surface area (Å²) < 4.78 is 5.93. The van der Waals surface area contributed by atoms with Gasteiger partial charge in [-0.2, -0.15) is 0 Å². The van der Waals surface area contributed by atoms with Crippen molar-refractivity contribution in [2.45, 2.75) is 40.2 Å². The van der Waals surface area contributed by atoms with Crippen molar-refractivity contribution in [3.8, 4) is 5.75 Å². The molecule has 0 aliphatic heterocycles. The number of rotatable bonds is 11. The van der Waals surface area contributed by atoms with Crippen LogP contribution < -0.4 is 15.8 Å². The average Bonchev–Trinajstić information content (AvgIpc) is 2.58. The Balaban J connectivity index is 0.00000529. The lowest BCUT2D eigenvalue weighted by Gasteiger charge is -2.18. The largest absolute Gasteiger partial charge is 0.492 e. The van der Waals surface area contributed by atoms with E-state index >= 15 is 0 Å². The quantitative estimate of drug-likeness (QED) is 0.236. The highest BCUT2D eigenvalue weighted by Gasteiger charge is 2.04. The van der Waals surface area contributed by atoms with Crippen LogP contribution in [0.4, 0.5) is 0 Å². The van der Waals surface area contributed by atoms with Gasteiger partial charge in [0, 0.05) is 18.7 Å². The zero-order valence-electron chi connectivity index (χ0n) is 15.3. The Morgan fingerprint density at radius 3 is 2.58 bits per heavy atom. The van der Waals surface area contributed by atoms with Gasteiger partial charge in [-0.25, -0.2) is 4.99 Å². The van der Waals surface area contributed by atoms with Crippen molar-refractivity contribution in [1.29, 1.82) is 0 Å². The van der Waals surface area contributed by atoms with Gasteiger partial charge >= 0.3 is 0 Å². The molecule has 0 amide bonds. The zero-order chi connectivity index (χ0) is 16.9. The van der Waals surface area contributed by atoms with E-state index < -0.39 is 0 Å². The number of halogens is 1. The highest BCUT2D eigenvalue weighted by atomic mass is 127. The minimum Gasteiger partial charge on any atom is -0.492 e. The fourth-order valence-corrected chi connectivity index (χ4v) is 2.22. The summed E-state index contributed by atoms with van der Waals surface area (Å²) in [7, 11) is 0. The number of hydrogen-bond acceptors (Lipinski definition) is 3. The first-order chi connectivity index (χ1) is 11.2. The van der Waals surface area contributed by atoms with E-state index in [1.54, 1.807) is 0 Å². The maximum Gasteiger partial charge on any atom is 0.188 e. The highest BCUT2D eigenvalue weighted by molar-refractivity contribution is 14.0. The van der Waals surface area contributed by atoms with Crippen LogP contribution in [0.5, 0.6) is 5.75 Å². The first-order valence-corrected chi connectivity index (χ1v) is 8.68. The number of hydrogen-bond donors (Lipinski definition) is 2. The van der Waals surface area contributed by atoms with Crippen LogP contribution in [-0.4, -0.2) is 43.6 Å². The molecular formula is C18H33IN4O. The smallest absolute Gasteiger partial charge is 0.188 e. The van der Waals surface area contributed by atoms with Gasteiger partial charge < -0.3 is 20.7 Å². The fraction of sp³-hybridized carbons (Fsp3) is 0.611. The fourth-order valence-electron chi connectivity index (χ4n) is 2.22. The average molecular weight is 448 g/mol. The number of ether oxygens (including phenoxy) is 1. The van der Waals surface area contributed by atoms with Gasteiger partial charge in [0.1, 0.15) is 12.4 Å². The van der Waals surface area contributed by atoms with E-state index in [1.165, 1.54) is 0 Å². The molecule has 0 bridgehead atoms. The molecule has 0 radical (unpaired) electrons. The van der Waals surface area contributed by atoms with Crippen molar-refractivity contribution < 1.29 is 4.74 Å². The monoisotopic (exact) mass is 448 g/mol. The van der Waals surface area contributed by atoms with Gasteiger partial charge in [0.15, 0.2) is 5.96 Å². The molecule has 1 aromatic carbocycles. The summed E-state index contributed by atoms with van der Waals surface area (Å²) in [5.74, 6) is 1.39. The summed E-state index contributed by atoms with van der Waals surface area (Å²) in [5.41, 5.74) is 6.94. The second-order valence-electron chi connectivity index (χ2n) is 5.46. The molecule has 1 rings (SSSR count). The molecule has 0 aliphatic rings. The van der Waals surface area contributed by atoms with Crippen LogP contribution in [-0.2, 0) is 6.54 Å². The number of para-hydroxylation sites is 1. The summed E-state index contributed by atoms with van der Waals surface area (Å²) in [4.78, 5) is 6.74. The van der Waals surface area contributed by atoms with Gasteiger partial charge in [-0.15, -0.1) is 24.0 Å². The number of nitrogens with two attached hydrogens (primary N) is 1. The van der Waals surface area contributed by atoms with Crippen molar-refractivity contribution in [3.63, 3.8) is 0 Å². The first-order valence-electron chi connectivity index (χ1n) is 8.68. The van der Waals surface area contributed by atoms with E-state index in [9.17, 15) is 0 Å². The lowest BCUT2D eigenvalue weighted by molar-refractivity contribution is 0.221. The molecule has 0 saturated carbocycles. The Labute approximate surface area is 164 Å². The van der Waals surface area contributed by atoms with E-state index in [1.807, 2.05) is 24.3 Å². The molecule has 0 saturated heterocycles. The Morgan fingerprint density at radius 1 is 1.21 bits per heavy atom. The molecule has 1 aromatic rings. The minimum absolute atomic E-state index is 0. The molecule has 0 fully saturated rings. The maximum atomic E-state index is 5.93. The molecule has 24 heavy (non-hydrogen) atoms. The third-order valence-electron chi connectivity index (χ3n) is 3.79. The molecule has 0 aromatic heterocycles. The predicted molar refractivity (Wildman–Crippen MR) is 113 cm³/mol. The molecule has 3 N–H and O–H groups in total. The predicted octanol–water partition coefficient (Wildman–Crippen LogP) is 3.23. The SMILES string of the molecule is CCCCNC(N)=NCc1ccccc1OCCN(CC)CC.I. The second-order valence-corrected chi connectivity index (χ2v) is 5.46. The summed E-state index contributed by atoms with van der Waals surface area (Å²) >= 11 is 0. The van der Waals surface area contributed by atoms with Gasteiger partial charge in [-0.05, 0) is 25.6 Å². The Morgan fingerprint density at radius 2 is 1.92 bits per heavy atom. The van der Waals surface area contributed by atoms with Crippen molar-refractivity contribution in [1.82, 2.24) is 10.2 Å². The van der Waals surface area contributed by atoms with Gasteiger partial charge in [0.05, 0.1) is 6.54 Å². The van der Waals surface area contributed by atoms with Crippen LogP contribution in [0.15, 0.2) is 29.3 Å². The number of nitrogens with one attached hydrogen (secondary N) is 1. The number of unbranched alkanes of at least 4 members (excludes halogenated alkanes) is 1. The van der Waals surface area contributed by atoms with Crippen LogP contribution in [0.2, 0.25) is 0 Å². The number of aliphatic imine (C=N–C) groups is 1. The van der Waals surface area contributed by atoms with Gasteiger partial charge in [-0.3, -0.25) is 0 Å². The second kappa shape index (κ2) is 14.3. The normalized spacial score (nSPS) is 11.2. The van der Waals surface area contributed by atoms with Crippen molar-refractivity contribution in [2.75, 3.05) is 32.8 Å². The van der Waals surface area contributed by atoms with Crippen LogP contribution in [0.25, 0.3) is 0 Å². The topological polar surface area (TPSA) is 62.9 Å². The van der Waals surface area contributed by atoms with Crippen molar-refractivity contribution in [2.24, 2.45) is 10.7 Å². The molecule has 0 heterocycles. The Hall–Kier alpha value is -1.02. The molecule has 0 aliphatic carbocycles. The van der Waals surface area contributed by atoms with Gasteiger partial charge in [-0.1, -0.05) is 45.4 Å². The van der Waals surface area contributed by atoms with E-state index in [0.29, 0.717) is 19.1 Å². The molecule has 138 valence electrons. The third kappa shape index (κ3) is 9.32. The van der Waals surface area contributed by atoms with Crippen LogP contribution in [0, 0.1) is 0 Å². The summed E-state index contributed by atoms with van der Waals surface area (Å²) in [5, 5.41) is 3.13. The highest BCUT2D eigenvalue weighted by Crippen LogP contribution is 2.18. The molecular weight excluding hydrogens is 415 g/mol. The standard InChI is InChI=1S/C18H32N4O.HI/c1-4-7-12-20-18(19)21-15-16-10-8-9-11-17(16)23-14-13-22(5-2)6-3;/h8-11H,4-7,12-15H2,1-3H3,(H3,19,20,21);1H. The Bertz CT molecular complexity index is 464. The van der Waals surface area contributed by atoms with Crippen molar-refractivity contribution in [3.05, 3.63) is 29.8 Å². The summed E-state index contributed by atoms with van der Waals surface area (Å²) in [6.45, 7) is 11.6. The van der Waals surface area contributed by atoms with Crippen LogP contribution >= 0.6 is 24.0 Å². The number of guanidine groups is 1. The van der Waals surface area contributed by atoms with Gasteiger partial charge in [0.2, 0.25) is 0 Å². The molecule has 6 heteroatoms.